The molecular weight excluding hydrogens is 350 g/mol. The quantitative estimate of drug-likeness (QED) is 0.756. The van der Waals surface area contributed by atoms with Crippen molar-refractivity contribution in [2.45, 2.75) is 13.0 Å². The third-order valence-electron chi connectivity index (χ3n) is 4.20. The fraction of sp³-hybridized carbons (Fsp3) is 0.263. The molecule has 7 heteroatoms. The first-order valence-corrected chi connectivity index (χ1v) is 10.0. The number of aromatic nitrogens is 1. The largest absolute Gasteiger partial charge is 0.336 e. The van der Waals surface area contributed by atoms with Crippen molar-refractivity contribution in [2.24, 2.45) is 0 Å². The molecule has 2 heterocycles. The minimum Gasteiger partial charge on any atom is -0.336 e. The summed E-state index contributed by atoms with van der Waals surface area (Å²) in [6.07, 6.45) is 5.58. The van der Waals surface area contributed by atoms with Crippen LogP contribution >= 0.6 is 0 Å². The average molecular weight is 371 g/mol. The van der Waals surface area contributed by atoms with Crippen molar-refractivity contribution in [3.8, 4) is 0 Å². The summed E-state index contributed by atoms with van der Waals surface area (Å²) >= 11 is 0. The van der Waals surface area contributed by atoms with Crippen LogP contribution in [0.1, 0.15) is 17.7 Å². The van der Waals surface area contributed by atoms with Crippen LogP contribution in [-0.4, -0.2) is 43.6 Å². The lowest BCUT2D eigenvalue weighted by Crippen LogP contribution is -2.25. The predicted molar refractivity (Wildman–Crippen MR) is 102 cm³/mol. The second-order valence-corrected chi connectivity index (χ2v) is 8.19. The molecule has 0 saturated carbocycles. The molecule has 1 saturated heterocycles. The van der Waals surface area contributed by atoms with E-state index in [1.807, 2.05) is 30.3 Å². The first-order valence-electron chi connectivity index (χ1n) is 8.39. The molecule has 136 valence electrons. The highest BCUT2D eigenvalue weighted by Gasteiger charge is 2.28. The summed E-state index contributed by atoms with van der Waals surface area (Å²) in [5, 5.41) is 0. The van der Waals surface area contributed by atoms with Gasteiger partial charge in [-0.25, -0.2) is 8.42 Å². The van der Waals surface area contributed by atoms with E-state index in [-0.39, 0.29) is 11.7 Å². The number of rotatable bonds is 5. The van der Waals surface area contributed by atoms with E-state index in [0.717, 1.165) is 11.3 Å². The highest BCUT2D eigenvalue weighted by Crippen LogP contribution is 2.24. The van der Waals surface area contributed by atoms with E-state index in [4.69, 9.17) is 0 Å². The summed E-state index contributed by atoms with van der Waals surface area (Å²) in [6.45, 7) is 0.962. The van der Waals surface area contributed by atoms with Crippen LogP contribution in [0.3, 0.4) is 0 Å². The van der Waals surface area contributed by atoms with Gasteiger partial charge in [0.25, 0.3) is 0 Å². The van der Waals surface area contributed by atoms with E-state index < -0.39 is 10.0 Å². The number of anilines is 1. The molecule has 0 aliphatic carbocycles. The summed E-state index contributed by atoms with van der Waals surface area (Å²) in [7, 11) is -1.45. The lowest BCUT2D eigenvalue weighted by Gasteiger charge is -2.16. The SMILES string of the molecule is CN(Cc1ccccn1)C(=O)/C=C/c1ccc(N2CCCS2(=O)=O)cc1. The Balaban J connectivity index is 1.62. The van der Waals surface area contributed by atoms with E-state index in [9.17, 15) is 13.2 Å². The zero-order valence-corrected chi connectivity index (χ0v) is 15.4. The van der Waals surface area contributed by atoms with Gasteiger partial charge < -0.3 is 4.90 Å². The van der Waals surface area contributed by atoms with Crippen molar-refractivity contribution >= 4 is 27.7 Å². The van der Waals surface area contributed by atoms with Gasteiger partial charge in [-0.3, -0.25) is 14.1 Å². The zero-order chi connectivity index (χ0) is 18.6. The van der Waals surface area contributed by atoms with Crippen LogP contribution in [0.5, 0.6) is 0 Å². The number of pyridine rings is 1. The van der Waals surface area contributed by atoms with Crippen LogP contribution in [-0.2, 0) is 21.4 Å². The zero-order valence-electron chi connectivity index (χ0n) is 14.6. The Kier molecular flexibility index (Phi) is 5.37. The Labute approximate surface area is 153 Å². The van der Waals surface area contributed by atoms with Gasteiger partial charge in [-0.15, -0.1) is 0 Å². The van der Waals surface area contributed by atoms with Crippen molar-refractivity contribution in [1.82, 2.24) is 9.88 Å². The number of sulfonamides is 1. The fourth-order valence-corrected chi connectivity index (χ4v) is 4.35. The number of amides is 1. The first kappa shape index (κ1) is 18.1. The summed E-state index contributed by atoms with van der Waals surface area (Å²) in [4.78, 5) is 18.0. The molecule has 0 radical (unpaired) electrons. The average Bonchev–Trinajstić information content (AvgIpc) is 3.00. The van der Waals surface area contributed by atoms with E-state index in [1.54, 1.807) is 36.4 Å². The summed E-state index contributed by atoms with van der Waals surface area (Å²) in [5.74, 6) is 0.0769. The molecule has 0 unspecified atom stereocenters. The molecule has 6 nitrogen and oxygen atoms in total. The van der Waals surface area contributed by atoms with Crippen LogP contribution in [0.4, 0.5) is 5.69 Å². The van der Waals surface area contributed by atoms with Gasteiger partial charge in [0.2, 0.25) is 15.9 Å². The molecular formula is C19H21N3O3S. The summed E-state index contributed by atoms with van der Waals surface area (Å²) in [5.41, 5.74) is 2.33. The monoisotopic (exact) mass is 371 g/mol. The Morgan fingerprint density at radius 1 is 1.23 bits per heavy atom. The Morgan fingerprint density at radius 2 is 2.00 bits per heavy atom. The minimum absolute atomic E-state index is 0.123. The van der Waals surface area contributed by atoms with Crippen LogP contribution in [0.2, 0.25) is 0 Å². The molecule has 1 aromatic carbocycles. The number of nitrogens with zero attached hydrogens (tertiary/aromatic N) is 3. The van der Waals surface area contributed by atoms with Gasteiger partial charge >= 0.3 is 0 Å². The van der Waals surface area contributed by atoms with E-state index in [2.05, 4.69) is 4.98 Å². The molecule has 1 fully saturated rings. The lowest BCUT2D eigenvalue weighted by atomic mass is 10.2. The topological polar surface area (TPSA) is 70.6 Å². The van der Waals surface area contributed by atoms with Crippen molar-refractivity contribution in [3.63, 3.8) is 0 Å². The smallest absolute Gasteiger partial charge is 0.246 e. The first-order chi connectivity index (χ1) is 12.5. The van der Waals surface area contributed by atoms with Crippen molar-refractivity contribution in [1.29, 1.82) is 0 Å². The van der Waals surface area contributed by atoms with Crippen molar-refractivity contribution < 1.29 is 13.2 Å². The molecule has 0 N–H and O–H groups in total. The van der Waals surface area contributed by atoms with Gasteiger partial charge in [-0.1, -0.05) is 18.2 Å². The molecule has 1 aromatic heterocycles. The normalized spacial score (nSPS) is 16.1. The minimum atomic E-state index is -3.17. The third kappa shape index (κ3) is 4.29. The molecule has 26 heavy (non-hydrogen) atoms. The highest BCUT2D eigenvalue weighted by molar-refractivity contribution is 7.93. The van der Waals surface area contributed by atoms with E-state index >= 15 is 0 Å². The van der Waals surface area contributed by atoms with Gasteiger partial charge in [0.05, 0.1) is 23.7 Å². The predicted octanol–water partition coefficient (Wildman–Crippen LogP) is 2.29. The molecule has 0 atom stereocenters. The third-order valence-corrected chi connectivity index (χ3v) is 6.07. The van der Waals surface area contributed by atoms with E-state index in [0.29, 0.717) is 25.2 Å². The number of likely N-dealkylation sites (N-methyl/N-ethyl adjacent to an activating group) is 1. The van der Waals surface area contributed by atoms with Gasteiger partial charge in [0.15, 0.2) is 0 Å². The lowest BCUT2D eigenvalue weighted by molar-refractivity contribution is -0.125. The number of hydrogen-bond donors (Lipinski definition) is 0. The van der Waals surface area contributed by atoms with Crippen molar-refractivity contribution in [2.75, 3.05) is 23.7 Å². The van der Waals surface area contributed by atoms with Gasteiger partial charge in [0, 0.05) is 25.9 Å². The van der Waals surface area contributed by atoms with Crippen molar-refractivity contribution in [3.05, 3.63) is 66.0 Å². The van der Waals surface area contributed by atoms with E-state index in [1.165, 1.54) is 10.4 Å². The highest BCUT2D eigenvalue weighted by atomic mass is 32.2. The van der Waals surface area contributed by atoms with Gasteiger partial charge in [-0.05, 0) is 42.3 Å². The summed E-state index contributed by atoms with van der Waals surface area (Å²) in [6, 6.07) is 12.8. The summed E-state index contributed by atoms with van der Waals surface area (Å²) < 4.78 is 25.3. The van der Waals surface area contributed by atoms with Gasteiger partial charge in [-0.2, -0.15) is 0 Å². The second kappa shape index (κ2) is 7.70. The standard InChI is InChI=1S/C19H21N3O3S/c1-21(15-17-5-2-3-12-20-17)19(23)11-8-16-6-9-18(10-7-16)22-13-4-14-26(22,24)25/h2-3,5-12H,4,13-15H2,1H3/b11-8+. The number of benzene rings is 1. The maximum atomic E-state index is 12.2. The molecule has 0 bridgehead atoms. The molecule has 2 aromatic rings. The Hall–Kier alpha value is -2.67. The number of carbonyl (C=O) groups excluding carboxylic acids is 1. The molecule has 3 rings (SSSR count). The molecule has 1 aliphatic rings. The van der Waals surface area contributed by atoms with Gasteiger partial charge in [0.1, 0.15) is 0 Å². The van der Waals surface area contributed by atoms with Crippen LogP contribution < -0.4 is 4.31 Å². The molecule has 1 aliphatic heterocycles. The Morgan fingerprint density at radius 3 is 2.62 bits per heavy atom. The fourth-order valence-electron chi connectivity index (χ4n) is 2.79. The maximum absolute atomic E-state index is 12.2. The number of carbonyl (C=O) groups is 1. The maximum Gasteiger partial charge on any atom is 0.246 e. The van der Waals surface area contributed by atoms with Crippen LogP contribution in [0.25, 0.3) is 6.08 Å². The molecule has 1 amide bonds. The van der Waals surface area contributed by atoms with Crippen LogP contribution in [0, 0.1) is 0 Å². The Bertz CT molecular complexity index is 893. The van der Waals surface area contributed by atoms with Crippen LogP contribution in [0.15, 0.2) is 54.7 Å². The number of hydrogen-bond acceptors (Lipinski definition) is 4. The molecule has 0 spiro atoms. The second-order valence-electron chi connectivity index (χ2n) is 6.18.